The number of ether oxygens (including phenoxy) is 1. The maximum absolute atomic E-state index is 15.1. The average Bonchev–Trinajstić information content (AvgIpc) is 2.90. The lowest BCUT2D eigenvalue weighted by atomic mass is 9.77. The minimum atomic E-state index is -0.974. The predicted molar refractivity (Wildman–Crippen MR) is 142 cm³/mol. The van der Waals surface area contributed by atoms with Gasteiger partial charge in [-0.05, 0) is 78.8 Å². The first kappa shape index (κ1) is 26.3. The van der Waals surface area contributed by atoms with Crippen LogP contribution in [-0.4, -0.2) is 6.61 Å². The van der Waals surface area contributed by atoms with Gasteiger partial charge in [0.1, 0.15) is 5.82 Å². The largest absolute Gasteiger partial charge is 0.490 e. The zero-order valence-electron chi connectivity index (χ0n) is 21.5. The number of hydrogen-bond acceptors (Lipinski definition) is 1. The zero-order valence-corrected chi connectivity index (χ0v) is 21.5. The Morgan fingerprint density at radius 2 is 1.39 bits per heavy atom. The molecule has 3 aromatic carbocycles. The third kappa shape index (κ3) is 6.14. The van der Waals surface area contributed by atoms with Gasteiger partial charge < -0.3 is 4.74 Å². The molecule has 0 radical (unpaired) electrons. The molecule has 3 aromatic rings. The molecule has 192 valence electrons. The van der Waals surface area contributed by atoms with E-state index in [2.05, 4.69) is 13.8 Å². The molecule has 0 saturated heterocycles. The Morgan fingerprint density at radius 1 is 0.722 bits per heavy atom. The maximum atomic E-state index is 15.1. The molecule has 36 heavy (non-hydrogen) atoms. The SMILES string of the molecule is CCCCCOc1ccc(-c2ccc(-c3ccc(C4CCC(CCC)CC4)cc3F)cc2)c(F)c1F. The van der Waals surface area contributed by atoms with Crippen molar-refractivity contribution in [2.75, 3.05) is 6.61 Å². The molecule has 1 aliphatic carbocycles. The van der Waals surface area contributed by atoms with Crippen LogP contribution in [0, 0.1) is 23.4 Å². The lowest BCUT2D eigenvalue weighted by Crippen LogP contribution is -2.13. The van der Waals surface area contributed by atoms with E-state index in [0.29, 0.717) is 29.2 Å². The molecule has 0 heterocycles. The molecule has 0 amide bonds. The van der Waals surface area contributed by atoms with Crippen LogP contribution < -0.4 is 4.74 Å². The second kappa shape index (κ2) is 12.5. The highest BCUT2D eigenvalue weighted by molar-refractivity contribution is 5.71. The molecule has 1 fully saturated rings. The third-order valence-corrected chi connectivity index (χ3v) is 7.57. The fourth-order valence-corrected chi connectivity index (χ4v) is 5.44. The summed E-state index contributed by atoms with van der Waals surface area (Å²) >= 11 is 0. The second-order valence-electron chi connectivity index (χ2n) is 10.1. The molecular weight excluding hydrogens is 457 g/mol. The van der Waals surface area contributed by atoms with Crippen LogP contribution in [-0.2, 0) is 0 Å². The van der Waals surface area contributed by atoms with Crippen molar-refractivity contribution in [3.63, 3.8) is 0 Å². The van der Waals surface area contributed by atoms with Crippen molar-refractivity contribution < 1.29 is 17.9 Å². The van der Waals surface area contributed by atoms with Gasteiger partial charge in [0.05, 0.1) is 6.61 Å². The van der Waals surface area contributed by atoms with Gasteiger partial charge >= 0.3 is 0 Å². The first-order chi connectivity index (χ1) is 17.5. The van der Waals surface area contributed by atoms with Crippen molar-refractivity contribution in [1.82, 2.24) is 0 Å². The van der Waals surface area contributed by atoms with Gasteiger partial charge in [-0.2, -0.15) is 4.39 Å². The average molecular weight is 495 g/mol. The van der Waals surface area contributed by atoms with Crippen molar-refractivity contribution in [3.8, 4) is 28.0 Å². The first-order valence-electron chi connectivity index (χ1n) is 13.5. The van der Waals surface area contributed by atoms with Gasteiger partial charge in [0.15, 0.2) is 11.6 Å². The summed E-state index contributed by atoms with van der Waals surface area (Å²) in [6.07, 6.45) is 10.1. The number of halogens is 3. The highest BCUT2D eigenvalue weighted by Crippen LogP contribution is 2.39. The molecule has 4 rings (SSSR count). The van der Waals surface area contributed by atoms with Crippen LogP contribution in [0.25, 0.3) is 22.3 Å². The summed E-state index contributed by atoms with van der Waals surface area (Å²) in [4.78, 5) is 0. The predicted octanol–water partition coefficient (Wildman–Crippen LogP) is 10.1. The van der Waals surface area contributed by atoms with E-state index in [1.165, 1.54) is 37.8 Å². The number of benzene rings is 3. The van der Waals surface area contributed by atoms with Crippen LogP contribution in [0.1, 0.15) is 83.1 Å². The molecule has 4 heteroatoms. The molecule has 0 spiro atoms. The smallest absolute Gasteiger partial charge is 0.201 e. The van der Waals surface area contributed by atoms with E-state index in [1.807, 2.05) is 12.1 Å². The molecule has 0 unspecified atom stereocenters. The fraction of sp³-hybridized carbons (Fsp3) is 0.438. The maximum Gasteiger partial charge on any atom is 0.201 e. The molecule has 1 aliphatic rings. The quantitative estimate of drug-likeness (QED) is 0.255. The Labute approximate surface area is 213 Å². The van der Waals surface area contributed by atoms with E-state index >= 15 is 4.39 Å². The summed E-state index contributed by atoms with van der Waals surface area (Å²) in [5, 5.41) is 0. The Balaban J connectivity index is 1.45. The Bertz CT molecular complexity index is 1130. The van der Waals surface area contributed by atoms with Crippen LogP contribution in [0.3, 0.4) is 0 Å². The van der Waals surface area contributed by atoms with Crippen LogP contribution in [0.2, 0.25) is 0 Å². The summed E-state index contributed by atoms with van der Waals surface area (Å²) < 4.78 is 49.9. The monoisotopic (exact) mass is 494 g/mol. The van der Waals surface area contributed by atoms with E-state index in [0.717, 1.165) is 43.6 Å². The van der Waals surface area contributed by atoms with Gasteiger partial charge in [0.25, 0.3) is 0 Å². The Kier molecular flexibility index (Phi) is 9.12. The molecule has 1 nitrogen and oxygen atoms in total. The topological polar surface area (TPSA) is 9.23 Å². The fourth-order valence-electron chi connectivity index (χ4n) is 5.44. The third-order valence-electron chi connectivity index (χ3n) is 7.57. The summed E-state index contributed by atoms with van der Waals surface area (Å²) in [5.74, 6) is -0.955. The molecular formula is C32H37F3O. The molecule has 0 N–H and O–H groups in total. The molecule has 0 aliphatic heterocycles. The van der Waals surface area contributed by atoms with Gasteiger partial charge in [-0.3, -0.25) is 0 Å². The van der Waals surface area contributed by atoms with Crippen LogP contribution in [0.15, 0.2) is 54.6 Å². The number of rotatable bonds is 10. The van der Waals surface area contributed by atoms with Crippen molar-refractivity contribution in [2.24, 2.45) is 5.92 Å². The van der Waals surface area contributed by atoms with Crippen LogP contribution in [0.4, 0.5) is 13.2 Å². The standard InChI is InChI=1S/C32H37F3O/c1-3-5-6-20-36-30-19-18-28(31(34)32(30)35)25-14-12-24(13-15-25)27-17-16-26(21-29(27)33)23-10-8-22(7-4-2)9-11-23/h12-19,21-23H,3-11,20H2,1-2H3. The van der Waals surface area contributed by atoms with E-state index in [-0.39, 0.29) is 17.1 Å². The van der Waals surface area contributed by atoms with Gasteiger partial charge in [0.2, 0.25) is 5.82 Å². The Morgan fingerprint density at radius 3 is 2.03 bits per heavy atom. The normalized spacial score (nSPS) is 17.8. The van der Waals surface area contributed by atoms with Gasteiger partial charge in [-0.1, -0.05) is 75.9 Å². The van der Waals surface area contributed by atoms with Gasteiger partial charge in [-0.15, -0.1) is 0 Å². The van der Waals surface area contributed by atoms with E-state index < -0.39 is 11.6 Å². The Hall–Kier alpha value is -2.75. The van der Waals surface area contributed by atoms with Crippen molar-refractivity contribution >= 4 is 0 Å². The molecule has 0 aromatic heterocycles. The zero-order chi connectivity index (χ0) is 25.5. The van der Waals surface area contributed by atoms with Gasteiger partial charge in [-0.25, -0.2) is 8.78 Å². The number of hydrogen-bond donors (Lipinski definition) is 0. The molecule has 1 saturated carbocycles. The minimum Gasteiger partial charge on any atom is -0.490 e. The summed E-state index contributed by atoms with van der Waals surface area (Å²) in [5.41, 5.74) is 3.01. The van der Waals surface area contributed by atoms with Crippen molar-refractivity contribution in [1.29, 1.82) is 0 Å². The molecule has 0 atom stereocenters. The van der Waals surface area contributed by atoms with E-state index in [4.69, 9.17) is 4.74 Å². The lowest BCUT2D eigenvalue weighted by Gasteiger charge is -2.28. The van der Waals surface area contributed by atoms with Crippen LogP contribution >= 0.6 is 0 Å². The number of unbranched alkanes of at least 4 members (excludes halogenated alkanes) is 2. The highest BCUT2D eigenvalue weighted by atomic mass is 19.2. The second-order valence-corrected chi connectivity index (χ2v) is 10.1. The first-order valence-corrected chi connectivity index (χ1v) is 13.5. The van der Waals surface area contributed by atoms with Crippen molar-refractivity contribution in [3.05, 3.63) is 77.6 Å². The van der Waals surface area contributed by atoms with Crippen LogP contribution in [0.5, 0.6) is 5.75 Å². The summed E-state index contributed by atoms with van der Waals surface area (Å²) in [6.45, 7) is 4.68. The summed E-state index contributed by atoms with van der Waals surface area (Å²) in [7, 11) is 0. The highest BCUT2D eigenvalue weighted by Gasteiger charge is 2.23. The van der Waals surface area contributed by atoms with E-state index in [9.17, 15) is 8.78 Å². The lowest BCUT2D eigenvalue weighted by molar-refractivity contribution is 0.286. The summed E-state index contributed by atoms with van der Waals surface area (Å²) in [6, 6.07) is 15.5. The van der Waals surface area contributed by atoms with E-state index in [1.54, 1.807) is 30.3 Å². The van der Waals surface area contributed by atoms with Crippen molar-refractivity contribution in [2.45, 2.75) is 77.6 Å². The van der Waals surface area contributed by atoms with Gasteiger partial charge in [0, 0.05) is 11.1 Å². The minimum absolute atomic E-state index is 0.0648. The molecule has 0 bridgehead atoms.